The molecule has 0 unspecified atom stereocenters. The molecule has 0 bridgehead atoms. The molecule has 0 spiro atoms. The summed E-state index contributed by atoms with van der Waals surface area (Å²) < 4.78 is 27.6. The van der Waals surface area contributed by atoms with Crippen LogP contribution in [0.4, 0.5) is 5.82 Å². The van der Waals surface area contributed by atoms with Crippen molar-refractivity contribution in [2.24, 2.45) is 0 Å². The largest absolute Gasteiger partial charge is 0.352 e. The Hall–Kier alpha value is -2.35. The SMILES string of the molecule is CC(C)(C)c1cc(NS(=O)(=O)c2ccc3c(c2)C(=O)NCC3)n[nH]1. The molecule has 1 aliphatic heterocycles. The molecule has 1 aromatic carbocycles. The van der Waals surface area contributed by atoms with Crippen LogP contribution in [0.1, 0.15) is 42.4 Å². The fourth-order valence-corrected chi connectivity index (χ4v) is 3.53. The molecule has 24 heavy (non-hydrogen) atoms. The van der Waals surface area contributed by atoms with Crippen molar-refractivity contribution in [3.8, 4) is 0 Å². The third kappa shape index (κ3) is 3.14. The van der Waals surface area contributed by atoms with Gasteiger partial charge in [-0.15, -0.1) is 0 Å². The van der Waals surface area contributed by atoms with E-state index in [0.29, 0.717) is 18.5 Å². The van der Waals surface area contributed by atoms with Crippen LogP contribution in [0, 0.1) is 0 Å². The number of amides is 1. The van der Waals surface area contributed by atoms with Crippen LogP contribution in [0.15, 0.2) is 29.2 Å². The van der Waals surface area contributed by atoms with Crippen LogP contribution in [0.2, 0.25) is 0 Å². The van der Waals surface area contributed by atoms with Crippen molar-refractivity contribution in [2.45, 2.75) is 37.5 Å². The number of sulfonamides is 1. The van der Waals surface area contributed by atoms with E-state index < -0.39 is 10.0 Å². The molecule has 7 nitrogen and oxygen atoms in total. The van der Waals surface area contributed by atoms with Gasteiger partial charge in [-0.25, -0.2) is 8.42 Å². The molecule has 3 N–H and O–H groups in total. The van der Waals surface area contributed by atoms with Crippen LogP contribution < -0.4 is 10.0 Å². The number of anilines is 1. The van der Waals surface area contributed by atoms with Gasteiger partial charge in [0, 0.05) is 29.3 Å². The number of aromatic amines is 1. The normalized spacial score (nSPS) is 14.9. The number of hydrogen-bond donors (Lipinski definition) is 3. The molecule has 128 valence electrons. The molecule has 0 saturated carbocycles. The topological polar surface area (TPSA) is 104 Å². The summed E-state index contributed by atoms with van der Waals surface area (Å²) in [5, 5.41) is 9.55. The van der Waals surface area contributed by atoms with Crippen LogP contribution in [-0.2, 0) is 21.9 Å². The Morgan fingerprint density at radius 3 is 2.62 bits per heavy atom. The lowest BCUT2D eigenvalue weighted by Gasteiger charge is -2.17. The zero-order valence-electron chi connectivity index (χ0n) is 13.8. The summed E-state index contributed by atoms with van der Waals surface area (Å²) in [6.45, 7) is 6.57. The van der Waals surface area contributed by atoms with Gasteiger partial charge in [-0.1, -0.05) is 26.8 Å². The van der Waals surface area contributed by atoms with E-state index in [4.69, 9.17) is 0 Å². The minimum Gasteiger partial charge on any atom is -0.352 e. The van der Waals surface area contributed by atoms with Gasteiger partial charge in [0.1, 0.15) is 0 Å². The number of hydrogen-bond acceptors (Lipinski definition) is 4. The summed E-state index contributed by atoms with van der Waals surface area (Å²) in [5.41, 5.74) is 1.92. The van der Waals surface area contributed by atoms with Crippen molar-refractivity contribution >= 4 is 21.7 Å². The van der Waals surface area contributed by atoms with Crippen molar-refractivity contribution < 1.29 is 13.2 Å². The third-order valence-electron chi connectivity index (χ3n) is 3.94. The summed E-state index contributed by atoms with van der Waals surface area (Å²) in [4.78, 5) is 11.9. The Morgan fingerprint density at radius 1 is 1.21 bits per heavy atom. The molecule has 1 aliphatic rings. The van der Waals surface area contributed by atoms with Gasteiger partial charge in [0.25, 0.3) is 15.9 Å². The van der Waals surface area contributed by atoms with Crippen molar-refractivity contribution in [2.75, 3.05) is 11.3 Å². The van der Waals surface area contributed by atoms with Gasteiger partial charge in [0.2, 0.25) is 0 Å². The van der Waals surface area contributed by atoms with Crippen molar-refractivity contribution in [3.05, 3.63) is 41.1 Å². The molecule has 0 atom stereocenters. The van der Waals surface area contributed by atoms with E-state index in [-0.39, 0.29) is 22.0 Å². The molecule has 1 amide bonds. The highest BCUT2D eigenvalue weighted by atomic mass is 32.2. The summed E-state index contributed by atoms with van der Waals surface area (Å²) in [6, 6.07) is 6.27. The Labute approximate surface area is 140 Å². The van der Waals surface area contributed by atoms with Gasteiger partial charge >= 0.3 is 0 Å². The van der Waals surface area contributed by atoms with Gasteiger partial charge in [0.15, 0.2) is 5.82 Å². The second kappa shape index (κ2) is 5.62. The van der Waals surface area contributed by atoms with Gasteiger partial charge < -0.3 is 5.32 Å². The Balaban J connectivity index is 1.90. The predicted molar refractivity (Wildman–Crippen MR) is 90.6 cm³/mol. The van der Waals surface area contributed by atoms with Gasteiger partial charge in [-0.05, 0) is 24.1 Å². The molecule has 0 saturated heterocycles. The minimum atomic E-state index is -3.81. The minimum absolute atomic E-state index is 0.0404. The maximum atomic E-state index is 12.6. The number of benzene rings is 1. The number of aromatic nitrogens is 2. The standard InChI is InChI=1S/C16H20N4O3S/c1-16(2,3)13-9-14(19-18-13)20-24(22,23)11-5-4-10-6-7-17-15(21)12(10)8-11/h4-5,8-9H,6-7H2,1-3H3,(H,17,21)(H2,18,19,20). The molecule has 0 radical (unpaired) electrons. The van der Waals surface area contributed by atoms with Crippen molar-refractivity contribution in [1.82, 2.24) is 15.5 Å². The molecule has 3 rings (SSSR count). The Kier molecular flexibility index (Phi) is 3.87. The molecule has 2 aromatic rings. The number of carbonyl (C=O) groups excluding carboxylic acids is 1. The summed E-state index contributed by atoms with van der Waals surface area (Å²) >= 11 is 0. The smallest absolute Gasteiger partial charge is 0.263 e. The van der Waals surface area contributed by atoms with Crippen LogP contribution in [0.3, 0.4) is 0 Å². The van der Waals surface area contributed by atoms with E-state index in [1.54, 1.807) is 12.1 Å². The molecular weight excluding hydrogens is 328 g/mol. The molecular formula is C16H20N4O3S. The monoisotopic (exact) mass is 348 g/mol. The van der Waals surface area contributed by atoms with Crippen molar-refractivity contribution in [1.29, 1.82) is 0 Å². The first-order valence-corrected chi connectivity index (χ1v) is 9.15. The third-order valence-corrected chi connectivity index (χ3v) is 5.29. The van der Waals surface area contributed by atoms with Gasteiger partial charge in [-0.3, -0.25) is 14.6 Å². The first kappa shape index (κ1) is 16.5. The highest BCUT2D eigenvalue weighted by molar-refractivity contribution is 7.92. The number of nitrogens with zero attached hydrogens (tertiary/aromatic N) is 1. The lowest BCUT2D eigenvalue weighted by molar-refractivity contribution is 0.0945. The zero-order valence-corrected chi connectivity index (χ0v) is 14.6. The maximum absolute atomic E-state index is 12.6. The fraction of sp³-hybridized carbons (Fsp3) is 0.375. The average Bonchev–Trinajstić information content (AvgIpc) is 2.95. The lowest BCUT2D eigenvalue weighted by Crippen LogP contribution is -2.32. The van der Waals surface area contributed by atoms with Gasteiger partial charge in [0.05, 0.1) is 4.90 Å². The molecule has 0 fully saturated rings. The molecule has 2 heterocycles. The molecule has 1 aromatic heterocycles. The van der Waals surface area contributed by atoms with Crippen LogP contribution in [0.5, 0.6) is 0 Å². The number of carbonyl (C=O) groups is 1. The van der Waals surface area contributed by atoms with Crippen LogP contribution in [-0.4, -0.2) is 31.1 Å². The maximum Gasteiger partial charge on any atom is 0.263 e. The summed E-state index contributed by atoms with van der Waals surface area (Å²) in [7, 11) is -3.81. The van der Waals surface area contributed by atoms with E-state index in [1.807, 2.05) is 20.8 Å². The van der Waals surface area contributed by atoms with Gasteiger partial charge in [-0.2, -0.15) is 5.10 Å². The lowest BCUT2D eigenvalue weighted by atomic mass is 9.92. The summed E-state index contributed by atoms with van der Waals surface area (Å²) in [6.07, 6.45) is 0.698. The second-order valence-corrected chi connectivity index (χ2v) is 8.53. The summed E-state index contributed by atoms with van der Waals surface area (Å²) in [5.74, 6) is -0.0230. The van der Waals surface area contributed by atoms with E-state index >= 15 is 0 Å². The molecule has 0 aliphatic carbocycles. The zero-order chi connectivity index (χ0) is 17.5. The van der Waals surface area contributed by atoms with Crippen LogP contribution in [0.25, 0.3) is 0 Å². The fourth-order valence-electron chi connectivity index (χ4n) is 2.51. The van der Waals surface area contributed by atoms with E-state index in [1.165, 1.54) is 12.1 Å². The highest BCUT2D eigenvalue weighted by Gasteiger charge is 2.23. The Morgan fingerprint density at radius 2 is 1.96 bits per heavy atom. The van der Waals surface area contributed by atoms with Crippen molar-refractivity contribution in [3.63, 3.8) is 0 Å². The highest BCUT2D eigenvalue weighted by Crippen LogP contribution is 2.24. The number of H-pyrrole nitrogens is 1. The quantitative estimate of drug-likeness (QED) is 0.786. The van der Waals surface area contributed by atoms with E-state index in [9.17, 15) is 13.2 Å². The first-order valence-electron chi connectivity index (χ1n) is 7.67. The number of rotatable bonds is 3. The average molecular weight is 348 g/mol. The molecule has 8 heteroatoms. The first-order chi connectivity index (χ1) is 11.2. The second-order valence-electron chi connectivity index (χ2n) is 6.85. The number of nitrogens with one attached hydrogen (secondary N) is 3. The van der Waals surface area contributed by atoms with E-state index in [2.05, 4.69) is 20.2 Å². The number of fused-ring (bicyclic) bond motifs is 1. The Bertz CT molecular complexity index is 894. The predicted octanol–water partition coefficient (Wildman–Crippen LogP) is 1.79. The van der Waals surface area contributed by atoms with E-state index in [0.717, 1.165) is 11.3 Å². The van der Waals surface area contributed by atoms with Crippen LogP contribution >= 0.6 is 0 Å².